The number of hydrogen-bond acceptors (Lipinski definition) is 3. The van der Waals surface area contributed by atoms with Gasteiger partial charge in [0.15, 0.2) is 0 Å². The largest absolute Gasteiger partial charge is 0.327 e. The van der Waals surface area contributed by atoms with E-state index in [1.807, 2.05) is 0 Å². The molecule has 1 saturated heterocycles. The highest BCUT2D eigenvalue weighted by Gasteiger charge is 2.18. The first-order valence-electron chi connectivity index (χ1n) is 5.65. The summed E-state index contributed by atoms with van der Waals surface area (Å²) in [5.41, 5.74) is 9.61. The predicted octanol–water partition coefficient (Wildman–Crippen LogP) is 1.37. The number of rotatable bonds is 2. The van der Waals surface area contributed by atoms with Crippen molar-refractivity contribution in [3.63, 3.8) is 0 Å². The van der Waals surface area contributed by atoms with Gasteiger partial charge in [0.1, 0.15) is 0 Å². The van der Waals surface area contributed by atoms with Crippen LogP contribution in [0, 0.1) is 13.8 Å². The minimum absolute atomic E-state index is 0. The summed E-state index contributed by atoms with van der Waals surface area (Å²) in [5.74, 6) is 0. The highest BCUT2D eigenvalue weighted by atomic mass is 35.5. The van der Waals surface area contributed by atoms with E-state index >= 15 is 0 Å². The van der Waals surface area contributed by atoms with Crippen LogP contribution in [0.4, 0.5) is 0 Å². The van der Waals surface area contributed by atoms with Crippen molar-refractivity contribution in [1.29, 1.82) is 0 Å². The minimum atomic E-state index is 0. The highest BCUT2D eigenvalue weighted by molar-refractivity contribution is 5.85. The Kier molecular flexibility index (Phi) is 4.77. The summed E-state index contributed by atoms with van der Waals surface area (Å²) >= 11 is 0. The second-order valence-corrected chi connectivity index (χ2v) is 4.55. The number of piperidine rings is 1. The lowest BCUT2D eigenvalue weighted by Gasteiger charge is -2.30. The van der Waals surface area contributed by atoms with E-state index in [1.54, 1.807) is 0 Å². The molecule has 1 aliphatic heterocycles. The number of aromatic nitrogens is 2. The van der Waals surface area contributed by atoms with Crippen molar-refractivity contribution in [2.24, 2.45) is 5.73 Å². The summed E-state index contributed by atoms with van der Waals surface area (Å²) in [6.07, 6.45) is 2.39. The first-order chi connectivity index (χ1) is 7.16. The number of aryl methyl sites for hydroxylation is 2. The fourth-order valence-electron chi connectivity index (χ4n) is 2.27. The molecule has 0 amide bonds. The molecular weight excluding hydrogens is 224 g/mol. The maximum Gasteiger partial charge on any atom is 0.0639 e. The number of nitrogens with zero attached hydrogens (tertiary/aromatic N) is 2. The van der Waals surface area contributed by atoms with Crippen molar-refractivity contribution >= 4 is 12.4 Å². The maximum absolute atomic E-state index is 5.97. The lowest BCUT2D eigenvalue weighted by atomic mass is 10.1. The third-order valence-corrected chi connectivity index (χ3v) is 3.20. The van der Waals surface area contributed by atoms with Gasteiger partial charge in [0.2, 0.25) is 0 Å². The molecule has 92 valence electrons. The van der Waals surface area contributed by atoms with E-state index in [0.717, 1.165) is 25.3 Å². The molecule has 4 nitrogen and oxygen atoms in total. The molecule has 0 aliphatic carbocycles. The van der Waals surface area contributed by atoms with Crippen LogP contribution < -0.4 is 5.73 Å². The van der Waals surface area contributed by atoms with Crippen LogP contribution in [0.25, 0.3) is 0 Å². The topological polar surface area (TPSA) is 57.9 Å². The zero-order valence-electron chi connectivity index (χ0n) is 9.99. The van der Waals surface area contributed by atoms with E-state index in [1.165, 1.54) is 24.1 Å². The van der Waals surface area contributed by atoms with Crippen LogP contribution >= 0.6 is 12.4 Å². The van der Waals surface area contributed by atoms with E-state index in [9.17, 15) is 0 Å². The number of H-pyrrole nitrogens is 1. The van der Waals surface area contributed by atoms with E-state index in [0.29, 0.717) is 6.04 Å². The zero-order chi connectivity index (χ0) is 10.8. The van der Waals surface area contributed by atoms with Gasteiger partial charge < -0.3 is 5.73 Å². The van der Waals surface area contributed by atoms with Gasteiger partial charge >= 0.3 is 0 Å². The van der Waals surface area contributed by atoms with Crippen LogP contribution in [0.5, 0.6) is 0 Å². The number of aromatic amines is 1. The maximum atomic E-state index is 5.97. The molecule has 0 saturated carbocycles. The van der Waals surface area contributed by atoms with Gasteiger partial charge in [-0.05, 0) is 33.2 Å². The van der Waals surface area contributed by atoms with Gasteiger partial charge in [-0.1, -0.05) is 0 Å². The third kappa shape index (κ3) is 2.97. The molecular formula is C11H21ClN4. The quantitative estimate of drug-likeness (QED) is 0.826. The van der Waals surface area contributed by atoms with Crippen LogP contribution in [0.3, 0.4) is 0 Å². The Hall–Kier alpha value is -0.580. The van der Waals surface area contributed by atoms with Crippen LogP contribution in [0.15, 0.2) is 0 Å². The molecule has 1 aromatic heterocycles. The molecule has 2 heterocycles. The summed E-state index contributed by atoms with van der Waals surface area (Å²) in [6, 6.07) is 0.353. The van der Waals surface area contributed by atoms with Gasteiger partial charge in [-0.15, -0.1) is 12.4 Å². The Morgan fingerprint density at radius 2 is 2.25 bits per heavy atom. The van der Waals surface area contributed by atoms with Gasteiger partial charge in [-0.3, -0.25) is 10.00 Å². The molecule has 1 fully saturated rings. The molecule has 0 bridgehead atoms. The normalized spacial score (nSPS) is 21.8. The van der Waals surface area contributed by atoms with Gasteiger partial charge in [0.25, 0.3) is 0 Å². The summed E-state index contributed by atoms with van der Waals surface area (Å²) in [7, 11) is 0. The smallest absolute Gasteiger partial charge is 0.0639 e. The van der Waals surface area contributed by atoms with E-state index in [4.69, 9.17) is 5.73 Å². The molecule has 1 unspecified atom stereocenters. The fourth-order valence-corrected chi connectivity index (χ4v) is 2.27. The zero-order valence-corrected chi connectivity index (χ0v) is 10.8. The number of nitrogens with two attached hydrogens (primary N) is 1. The lowest BCUT2D eigenvalue weighted by molar-refractivity contribution is 0.201. The number of halogens is 1. The van der Waals surface area contributed by atoms with Crippen molar-refractivity contribution in [1.82, 2.24) is 15.1 Å². The monoisotopic (exact) mass is 244 g/mol. The number of likely N-dealkylation sites (tertiary alicyclic amines) is 1. The molecule has 16 heavy (non-hydrogen) atoms. The van der Waals surface area contributed by atoms with Crippen LogP contribution in [-0.4, -0.2) is 34.2 Å². The average Bonchev–Trinajstić information content (AvgIpc) is 2.50. The fraction of sp³-hybridized carbons (Fsp3) is 0.727. The highest BCUT2D eigenvalue weighted by Crippen LogP contribution is 2.16. The van der Waals surface area contributed by atoms with E-state index < -0.39 is 0 Å². The molecule has 2 rings (SSSR count). The Morgan fingerprint density at radius 1 is 1.50 bits per heavy atom. The van der Waals surface area contributed by atoms with Crippen molar-refractivity contribution in [3.05, 3.63) is 17.0 Å². The summed E-state index contributed by atoms with van der Waals surface area (Å²) in [5, 5.41) is 7.25. The third-order valence-electron chi connectivity index (χ3n) is 3.20. The molecule has 1 atom stereocenters. The minimum Gasteiger partial charge on any atom is -0.327 e. The molecule has 0 spiro atoms. The first-order valence-corrected chi connectivity index (χ1v) is 5.65. The van der Waals surface area contributed by atoms with Gasteiger partial charge in [0, 0.05) is 30.4 Å². The van der Waals surface area contributed by atoms with Crippen molar-refractivity contribution in [3.8, 4) is 0 Å². The number of nitrogens with one attached hydrogen (secondary N) is 1. The van der Waals surface area contributed by atoms with Crippen LogP contribution in [0.2, 0.25) is 0 Å². The molecule has 3 N–H and O–H groups in total. The Bertz CT molecular complexity index is 317. The second kappa shape index (κ2) is 5.66. The molecule has 1 aliphatic rings. The predicted molar refractivity (Wildman–Crippen MR) is 67.8 cm³/mol. The molecule has 1 aromatic rings. The Labute approximate surface area is 103 Å². The first kappa shape index (κ1) is 13.5. The molecule has 5 heteroatoms. The molecule has 0 aromatic carbocycles. The van der Waals surface area contributed by atoms with Gasteiger partial charge in [0.05, 0.1) is 5.69 Å². The Morgan fingerprint density at radius 3 is 2.81 bits per heavy atom. The van der Waals surface area contributed by atoms with E-state index in [2.05, 4.69) is 28.9 Å². The second-order valence-electron chi connectivity index (χ2n) is 4.55. The SMILES string of the molecule is Cc1n[nH]c(C)c1CN1CCCC(N)C1.Cl. The van der Waals surface area contributed by atoms with Crippen LogP contribution in [-0.2, 0) is 6.54 Å². The summed E-state index contributed by atoms with van der Waals surface area (Å²) in [4.78, 5) is 2.43. The van der Waals surface area contributed by atoms with Gasteiger partial charge in [-0.2, -0.15) is 5.10 Å². The van der Waals surface area contributed by atoms with Crippen molar-refractivity contribution < 1.29 is 0 Å². The van der Waals surface area contributed by atoms with Gasteiger partial charge in [-0.25, -0.2) is 0 Å². The van der Waals surface area contributed by atoms with Crippen molar-refractivity contribution in [2.45, 2.75) is 39.3 Å². The van der Waals surface area contributed by atoms with Crippen LogP contribution in [0.1, 0.15) is 29.8 Å². The standard InChI is InChI=1S/C11H20N4.ClH/c1-8-11(9(2)14-13-8)7-15-5-3-4-10(12)6-15;/h10H,3-7,12H2,1-2H3,(H,13,14);1H. The summed E-state index contributed by atoms with van der Waals surface area (Å²) < 4.78 is 0. The van der Waals surface area contributed by atoms with Crippen molar-refractivity contribution in [2.75, 3.05) is 13.1 Å². The Balaban J connectivity index is 0.00000128. The van der Waals surface area contributed by atoms with E-state index in [-0.39, 0.29) is 12.4 Å². The number of hydrogen-bond donors (Lipinski definition) is 2. The molecule has 0 radical (unpaired) electrons. The summed E-state index contributed by atoms with van der Waals surface area (Å²) in [6.45, 7) is 7.31. The average molecular weight is 245 g/mol. The lowest BCUT2D eigenvalue weighted by Crippen LogP contribution is -2.42.